The Morgan fingerprint density at radius 3 is 2.09 bits per heavy atom. The molecule has 14 atom stereocenters. The molecule has 16 nitrogen and oxygen atoms in total. The minimum absolute atomic E-state index is 0.0939. The molecular formula is C40H53NO15. The molecule has 16 heteroatoms. The van der Waals surface area contributed by atoms with Crippen molar-refractivity contribution < 1.29 is 73.9 Å². The number of rotatable bonds is 2. The third kappa shape index (κ3) is 8.07. The van der Waals surface area contributed by atoms with E-state index >= 15 is 0 Å². The van der Waals surface area contributed by atoms with E-state index < -0.39 is 142 Å². The Morgan fingerprint density at radius 1 is 0.804 bits per heavy atom. The summed E-state index contributed by atoms with van der Waals surface area (Å²) < 4.78 is 23.6. The van der Waals surface area contributed by atoms with Crippen LogP contribution in [0.3, 0.4) is 0 Å². The van der Waals surface area contributed by atoms with Crippen LogP contribution in [0.15, 0.2) is 35.6 Å². The van der Waals surface area contributed by atoms with E-state index in [0.717, 1.165) is 6.08 Å². The van der Waals surface area contributed by atoms with Crippen LogP contribution in [0.4, 0.5) is 0 Å². The summed E-state index contributed by atoms with van der Waals surface area (Å²) in [4.78, 5) is 55.6. The van der Waals surface area contributed by atoms with Crippen molar-refractivity contribution in [3.8, 4) is 11.5 Å². The largest absolute Gasteiger partial charge is 0.507 e. The molecular weight excluding hydrogens is 734 g/mol. The number of hydrogen-bond donors (Lipinski definition) is 8. The Morgan fingerprint density at radius 2 is 1.43 bits per heavy atom. The van der Waals surface area contributed by atoms with Crippen molar-refractivity contribution >= 4 is 23.4 Å². The topological polar surface area (TPSA) is 259 Å². The van der Waals surface area contributed by atoms with Crippen LogP contribution in [-0.4, -0.2) is 120 Å². The molecule has 14 unspecified atom stereocenters. The number of aliphatic hydroxyl groups is 6. The SMILES string of the molecule is CC1=CC=CC(C)C(O)C(C)C(O)C(C)C(O)C(C)C2CCC(C)(OC(=O)c3c(OC4OC(C)C(O)C(O)C4O)c(C)c(O)c4c3C(=O)C=C(NC1=O)C4=O)O2. The van der Waals surface area contributed by atoms with E-state index in [1.165, 1.54) is 39.8 Å². The third-order valence-electron chi connectivity index (χ3n) is 11.7. The number of aromatic hydroxyl groups is 1. The molecule has 8 N–H and O–H groups in total. The van der Waals surface area contributed by atoms with Crippen LogP contribution in [0.5, 0.6) is 11.5 Å². The van der Waals surface area contributed by atoms with Crippen LogP contribution in [0.2, 0.25) is 0 Å². The number of phenolic OH excluding ortho intramolecular Hbond substituents is 1. The summed E-state index contributed by atoms with van der Waals surface area (Å²) >= 11 is 0. The van der Waals surface area contributed by atoms with Crippen molar-refractivity contribution in [3.05, 3.63) is 57.8 Å². The Balaban J connectivity index is 1.63. The molecule has 1 aromatic carbocycles. The molecule has 5 aliphatic rings. The minimum atomic E-state index is -1.88. The molecule has 1 aliphatic carbocycles. The molecule has 6 bridgehead atoms. The fourth-order valence-electron chi connectivity index (χ4n) is 7.75. The average molecular weight is 788 g/mol. The zero-order valence-corrected chi connectivity index (χ0v) is 32.6. The second kappa shape index (κ2) is 16.5. The van der Waals surface area contributed by atoms with Crippen molar-refractivity contribution in [1.29, 1.82) is 0 Å². The van der Waals surface area contributed by atoms with Gasteiger partial charge in [-0.25, -0.2) is 4.79 Å². The first-order valence-electron chi connectivity index (χ1n) is 18.8. The first-order valence-corrected chi connectivity index (χ1v) is 18.8. The molecule has 2 fully saturated rings. The highest BCUT2D eigenvalue weighted by atomic mass is 16.7. The summed E-state index contributed by atoms with van der Waals surface area (Å²) in [6.45, 7) is 12.3. The molecule has 56 heavy (non-hydrogen) atoms. The number of phenols is 1. The molecule has 0 radical (unpaired) electrons. The van der Waals surface area contributed by atoms with Gasteiger partial charge in [-0.15, -0.1) is 0 Å². The number of carbonyl (C=O) groups excluding carboxylic acids is 4. The molecule has 0 spiro atoms. The van der Waals surface area contributed by atoms with Crippen LogP contribution in [0.25, 0.3) is 0 Å². The van der Waals surface area contributed by atoms with Gasteiger partial charge in [-0.05, 0) is 27.2 Å². The predicted octanol–water partition coefficient (Wildman–Crippen LogP) is 1.48. The minimum Gasteiger partial charge on any atom is -0.507 e. The lowest BCUT2D eigenvalue weighted by Gasteiger charge is -2.39. The van der Waals surface area contributed by atoms with E-state index in [1.54, 1.807) is 33.8 Å². The zero-order valence-electron chi connectivity index (χ0n) is 32.6. The Labute approximate surface area is 324 Å². The normalized spacial score (nSPS) is 38.8. The lowest BCUT2D eigenvalue weighted by Crippen LogP contribution is -2.58. The van der Waals surface area contributed by atoms with Gasteiger partial charge in [0.25, 0.3) is 5.91 Å². The standard InChI is InChI=1S/C40H53NO15/c1-15-10-9-11-16(2)37(51)41-22-14-23(42)25-26(33(22)48)31(46)20(6)36(54-39-35(50)34(49)32(47)21(7)53-39)27(25)38(52)56-40(8)13-12-24(55-40)17(3)29(44)19(5)30(45)18(4)28(15)43/h9-11,14-15,17-19,21,24,28-30,32,34-35,39,43-47,49-50H,12-13H2,1-8H3,(H,41,51). The number of hydrogen-bond acceptors (Lipinski definition) is 15. The Hall–Kier alpha value is -4.00. The van der Waals surface area contributed by atoms with Gasteiger partial charge in [-0.1, -0.05) is 45.9 Å². The van der Waals surface area contributed by atoms with E-state index in [0.29, 0.717) is 0 Å². The van der Waals surface area contributed by atoms with Crippen LogP contribution < -0.4 is 10.1 Å². The van der Waals surface area contributed by atoms with Crippen molar-refractivity contribution in [3.63, 3.8) is 0 Å². The van der Waals surface area contributed by atoms with Crippen LogP contribution in [0, 0.1) is 30.6 Å². The summed E-state index contributed by atoms with van der Waals surface area (Å²) in [5, 5.41) is 79.1. The lowest BCUT2D eigenvalue weighted by molar-refractivity contribution is -0.268. The molecule has 0 aromatic heterocycles. The van der Waals surface area contributed by atoms with Gasteiger partial charge in [0, 0.05) is 54.2 Å². The maximum Gasteiger partial charge on any atom is 0.345 e. The number of ketones is 2. The number of esters is 1. The van der Waals surface area contributed by atoms with Gasteiger partial charge in [0.15, 0.2) is 5.78 Å². The van der Waals surface area contributed by atoms with E-state index in [-0.39, 0.29) is 24.0 Å². The molecule has 6 rings (SSSR count). The Kier molecular flexibility index (Phi) is 12.7. The van der Waals surface area contributed by atoms with Crippen LogP contribution in [0.1, 0.15) is 97.9 Å². The molecule has 4 heterocycles. The number of allylic oxidation sites excluding steroid dienone is 4. The summed E-state index contributed by atoms with van der Waals surface area (Å²) in [6.07, 6.45) is -6.24. The summed E-state index contributed by atoms with van der Waals surface area (Å²) in [6, 6.07) is 0. The number of benzene rings is 1. The van der Waals surface area contributed by atoms with Gasteiger partial charge < -0.3 is 60.0 Å². The zero-order chi connectivity index (χ0) is 41.7. The molecule has 1 aromatic rings. The second-order valence-corrected chi connectivity index (χ2v) is 15.8. The van der Waals surface area contributed by atoms with Gasteiger partial charge in [0.05, 0.1) is 47.3 Å². The first kappa shape index (κ1) is 43.1. The number of aliphatic hydroxyl groups excluding tert-OH is 6. The lowest BCUT2D eigenvalue weighted by atomic mass is 9.78. The summed E-state index contributed by atoms with van der Waals surface area (Å²) in [5.41, 5.74) is -2.63. The fraction of sp³-hybridized carbons (Fsp3) is 0.600. The predicted molar refractivity (Wildman–Crippen MR) is 196 cm³/mol. The van der Waals surface area contributed by atoms with Gasteiger partial charge in [0.1, 0.15) is 35.4 Å². The van der Waals surface area contributed by atoms with Crippen molar-refractivity contribution in [2.45, 2.75) is 129 Å². The molecule has 4 aliphatic heterocycles. The monoisotopic (exact) mass is 787 g/mol. The van der Waals surface area contributed by atoms with Gasteiger partial charge in [0.2, 0.25) is 17.9 Å². The molecule has 1 amide bonds. The molecule has 2 saturated heterocycles. The third-order valence-corrected chi connectivity index (χ3v) is 11.7. The van der Waals surface area contributed by atoms with Crippen LogP contribution in [-0.2, 0) is 19.0 Å². The number of nitrogens with one attached hydrogen (secondary N) is 1. The maximum absolute atomic E-state index is 14.4. The first-order chi connectivity index (χ1) is 26.1. The number of carbonyl (C=O) groups is 4. The summed E-state index contributed by atoms with van der Waals surface area (Å²) in [7, 11) is 0. The van der Waals surface area contributed by atoms with Gasteiger partial charge in [-0.3, -0.25) is 14.4 Å². The number of fused-ring (bicyclic) bond motifs is 12. The maximum atomic E-state index is 14.4. The second-order valence-electron chi connectivity index (χ2n) is 15.8. The van der Waals surface area contributed by atoms with Crippen molar-refractivity contribution in [1.82, 2.24) is 5.32 Å². The molecule has 308 valence electrons. The average Bonchev–Trinajstić information content (AvgIpc) is 3.54. The van der Waals surface area contributed by atoms with Gasteiger partial charge >= 0.3 is 5.97 Å². The van der Waals surface area contributed by atoms with E-state index in [1.807, 2.05) is 0 Å². The van der Waals surface area contributed by atoms with E-state index in [2.05, 4.69) is 5.32 Å². The highest BCUT2D eigenvalue weighted by Crippen LogP contribution is 2.45. The van der Waals surface area contributed by atoms with E-state index in [9.17, 15) is 54.9 Å². The summed E-state index contributed by atoms with van der Waals surface area (Å²) in [5.74, 6) is -9.61. The highest BCUT2D eigenvalue weighted by molar-refractivity contribution is 6.29. The smallest absolute Gasteiger partial charge is 0.345 e. The fourth-order valence-corrected chi connectivity index (χ4v) is 7.75. The van der Waals surface area contributed by atoms with E-state index in [4.69, 9.17) is 18.9 Å². The number of ether oxygens (including phenoxy) is 4. The Bertz CT molecular complexity index is 1840. The van der Waals surface area contributed by atoms with Crippen molar-refractivity contribution in [2.75, 3.05) is 0 Å². The van der Waals surface area contributed by atoms with Crippen molar-refractivity contribution in [2.24, 2.45) is 23.7 Å². The van der Waals surface area contributed by atoms with Gasteiger partial charge in [-0.2, -0.15) is 0 Å². The number of amides is 1. The highest BCUT2D eigenvalue weighted by Gasteiger charge is 2.48. The van der Waals surface area contributed by atoms with Crippen LogP contribution >= 0.6 is 0 Å². The quantitative estimate of drug-likeness (QED) is 0.198. The molecule has 0 saturated carbocycles. The number of Topliss-reactive ketones (excluding diaryl/α,β-unsaturated/α-hetero) is 1.